The number of benzene rings is 1. The van der Waals surface area contributed by atoms with Crippen LogP contribution in [0.1, 0.15) is 34.0 Å². The highest BCUT2D eigenvalue weighted by molar-refractivity contribution is 6.11. The summed E-state index contributed by atoms with van der Waals surface area (Å²) in [5.74, 6) is -0.409. The van der Waals surface area contributed by atoms with Crippen LogP contribution in [0.5, 0.6) is 11.6 Å². The number of aromatic hydroxyl groups is 1. The van der Waals surface area contributed by atoms with Crippen LogP contribution in [-0.4, -0.2) is 22.1 Å². The Bertz CT molecular complexity index is 875. The van der Waals surface area contributed by atoms with E-state index in [1.54, 1.807) is 30.3 Å². The van der Waals surface area contributed by atoms with E-state index < -0.39 is 17.2 Å². The van der Waals surface area contributed by atoms with E-state index in [0.717, 1.165) is 4.57 Å². The van der Waals surface area contributed by atoms with E-state index in [2.05, 4.69) is 0 Å². The topological polar surface area (TPSA) is 92.3 Å². The van der Waals surface area contributed by atoms with E-state index in [-0.39, 0.29) is 16.7 Å². The summed E-state index contributed by atoms with van der Waals surface area (Å²) in [7, 11) is 1.31. The predicted octanol–water partition coefficient (Wildman–Crippen LogP) is 1.90. The molecule has 0 aliphatic rings. The molecule has 0 amide bonds. The Balaban J connectivity index is 2.65. The van der Waals surface area contributed by atoms with Gasteiger partial charge in [-0.3, -0.25) is 14.2 Å². The number of carbonyl (C=O) groups excluding carboxylic acids is 1. The number of hydrogen-bond donors (Lipinski definition) is 1. The van der Waals surface area contributed by atoms with Gasteiger partial charge in [0.25, 0.3) is 5.56 Å². The molecule has 1 N–H and O–H groups in total. The molecule has 0 saturated heterocycles. The summed E-state index contributed by atoms with van der Waals surface area (Å²) >= 11 is 0. The monoisotopic (exact) mass is 312 g/mol. The summed E-state index contributed by atoms with van der Waals surface area (Å²) in [4.78, 5) is 24.7. The molecular formula is C17H16N2O4. The predicted molar refractivity (Wildman–Crippen MR) is 83.8 cm³/mol. The number of rotatable bonds is 4. The number of nitrogens with zero attached hydrogens (tertiary/aromatic N) is 2. The van der Waals surface area contributed by atoms with Gasteiger partial charge in [-0.2, -0.15) is 5.26 Å². The Kier molecular flexibility index (Phi) is 4.51. The summed E-state index contributed by atoms with van der Waals surface area (Å²) in [6.45, 7) is 3.76. The Morgan fingerprint density at radius 2 is 2.13 bits per heavy atom. The quantitative estimate of drug-likeness (QED) is 0.870. The minimum Gasteiger partial charge on any atom is -0.494 e. The Morgan fingerprint density at radius 3 is 2.74 bits per heavy atom. The van der Waals surface area contributed by atoms with Gasteiger partial charge in [-0.1, -0.05) is 12.1 Å². The molecule has 1 aromatic carbocycles. The highest BCUT2D eigenvalue weighted by Gasteiger charge is 2.23. The van der Waals surface area contributed by atoms with Gasteiger partial charge in [0.1, 0.15) is 17.4 Å². The maximum absolute atomic E-state index is 12.7. The van der Waals surface area contributed by atoms with Crippen molar-refractivity contribution in [2.24, 2.45) is 7.05 Å². The van der Waals surface area contributed by atoms with Gasteiger partial charge in [-0.05, 0) is 31.5 Å². The largest absolute Gasteiger partial charge is 0.494 e. The van der Waals surface area contributed by atoms with Gasteiger partial charge >= 0.3 is 0 Å². The minimum atomic E-state index is -0.637. The number of nitriles is 1. The molecule has 23 heavy (non-hydrogen) atoms. The fourth-order valence-electron chi connectivity index (χ4n) is 2.33. The van der Waals surface area contributed by atoms with Crippen molar-refractivity contribution in [3.8, 4) is 17.7 Å². The smallest absolute Gasteiger partial charge is 0.271 e. The van der Waals surface area contributed by atoms with Gasteiger partial charge in [-0.25, -0.2) is 0 Å². The van der Waals surface area contributed by atoms with E-state index in [1.165, 1.54) is 14.0 Å². The lowest BCUT2D eigenvalue weighted by Gasteiger charge is -2.13. The zero-order chi connectivity index (χ0) is 17.1. The molecule has 6 nitrogen and oxygen atoms in total. The molecule has 0 bridgehead atoms. The van der Waals surface area contributed by atoms with Crippen LogP contribution < -0.4 is 10.3 Å². The van der Waals surface area contributed by atoms with E-state index in [9.17, 15) is 14.7 Å². The lowest BCUT2D eigenvalue weighted by atomic mass is 9.97. The number of pyridine rings is 1. The molecule has 0 fully saturated rings. The molecule has 0 atom stereocenters. The maximum Gasteiger partial charge on any atom is 0.271 e. The summed E-state index contributed by atoms with van der Waals surface area (Å²) in [6.07, 6.45) is 0. The van der Waals surface area contributed by atoms with Crippen molar-refractivity contribution in [3.63, 3.8) is 0 Å². The molecule has 1 heterocycles. The van der Waals surface area contributed by atoms with Crippen molar-refractivity contribution in [1.29, 1.82) is 5.26 Å². The minimum absolute atomic E-state index is 0.0581. The first-order valence-corrected chi connectivity index (χ1v) is 7.02. The molecule has 0 radical (unpaired) electrons. The van der Waals surface area contributed by atoms with Crippen molar-refractivity contribution in [2.75, 3.05) is 6.61 Å². The third kappa shape index (κ3) is 2.81. The average molecular weight is 312 g/mol. The summed E-state index contributed by atoms with van der Waals surface area (Å²) in [5, 5.41) is 19.3. The number of aromatic nitrogens is 1. The fourth-order valence-corrected chi connectivity index (χ4v) is 2.33. The molecule has 1 aromatic heterocycles. The summed E-state index contributed by atoms with van der Waals surface area (Å²) < 4.78 is 6.25. The van der Waals surface area contributed by atoms with Crippen LogP contribution in [-0.2, 0) is 7.05 Å². The molecule has 0 unspecified atom stereocenters. The van der Waals surface area contributed by atoms with Crippen LogP contribution >= 0.6 is 0 Å². The van der Waals surface area contributed by atoms with Crippen LogP contribution in [0.2, 0.25) is 0 Å². The molecular weight excluding hydrogens is 296 g/mol. The van der Waals surface area contributed by atoms with Crippen LogP contribution in [0.25, 0.3) is 0 Å². The van der Waals surface area contributed by atoms with Gasteiger partial charge in [0, 0.05) is 12.6 Å². The highest BCUT2D eigenvalue weighted by Crippen LogP contribution is 2.25. The van der Waals surface area contributed by atoms with E-state index in [0.29, 0.717) is 17.9 Å². The van der Waals surface area contributed by atoms with Crippen molar-refractivity contribution >= 4 is 5.78 Å². The van der Waals surface area contributed by atoms with Crippen LogP contribution in [0.3, 0.4) is 0 Å². The Morgan fingerprint density at radius 1 is 1.43 bits per heavy atom. The molecule has 2 rings (SSSR count). The third-order valence-corrected chi connectivity index (χ3v) is 3.56. The number of ether oxygens (including phenoxy) is 1. The Labute approximate surface area is 133 Å². The van der Waals surface area contributed by atoms with E-state index in [4.69, 9.17) is 10.00 Å². The van der Waals surface area contributed by atoms with E-state index >= 15 is 0 Å². The zero-order valence-electron chi connectivity index (χ0n) is 13.1. The molecule has 0 aliphatic carbocycles. The maximum atomic E-state index is 12.7. The zero-order valence-corrected chi connectivity index (χ0v) is 13.1. The van der Waals surface area contributed by atoms with Crippen LogP contribution in [0.15, 0.2) is 29.1 Å². The SMILES string of the molecule is CCOc1cccc(C(=O)c2c(C)c(C#N)c(=O)n(C)c2O)c1. The van der Waals surface area contributed by atoms with Crippen LogP contribution in [0.4, 0.5) is 0 Å². The number of carbonyl (C=O) groups is 1. The molecule has 0 spiro atoms. The second-order valence-corrected chi connectivity index (χ2v) is 4.96. The van der Waals surface area contributed by atoms with Crippen molar-refractivity contribution in [1.82, 2.24) is 4.57 Å². The molecule has 6 heteroatoms. The summed E-state index contributed by atoms with van der Waals surface area (Å²) in [5.41, 5.74) is -0.383. The average Bonchev–Trinajstić information content (AvgIpc) is 2.54. The normalized spacial score (nSPS) is 10.2. The van der Waals surface area contributed by atoms with Gasteiger partial charge < -0.3 is 9.84 Å². The first kappa shape index (κ1) is 16.3. The first-order valence-electron chi connectivity index (χ1n) is 7.02. The second kappa shape index (κ2) is 6.36. The van der Waals surface area contributed by atoms with Gasteiger partial charge in [0.05, 0.1) is 12.2 Å². The van der Waals surface area contributed by atoms with E-state index in [1.807, 2.05) is 6.92 Å². The first-order chi connectivity index (χ1) is 10.9. The highest BCUT2D eigenvalue weighted by atomic mass is 16.5. The standard InChI is InChI=1S/C17H16N2O4/c1-4-23-12-7-5-6-11(8-12)15(20)14-10(2)13(9-18)16(21)19(3)17(14)22/h5-8,22H,4H2,1-3H3. The fraction of sp³-hybridized carbons (Fsp3) is 0.235. The lowest BCUT2D eigenvalue weighted by Crippen LogP contribution is -2.24. The number of hydrogen-bond acceptors (Lipinski definition) is 5. The summed E-state index contributed by atoms with van der Waals surface area (Å²) in [6, 6.07) is 8.31. The van der Waals surface area contributed by atoms with Gasteiger partial charge in [0.2, 0.25) is 5.88 Å². The lowest BCUT2D eigenvalue weighted by molar-refractivity contribution is 0.103. The van der Waals surface area contributed by atoms with Crippen molar-refractivity contribution < 1.29 is 14.6 Å². The van der Waals surface area contributed by atoms with Crippen molar-refractivity contribution in [2.45, 2.75) is 13.8 Å². The molecule has 118 valence electrons. The van der Waals surface area contributed by atoms with Gasteiger partial charge in [-0.15, -0.1) is 0 Å². The van der Waals surface area contributed by atoms with Crippen molar-refractivity contribution in [3.05, 3.63) is 56.9 Å². The van der Waals surface area contributed by atoms with Crippen LogP contribution in [0, 0.1) is 18.3 Å². The third-order valence-electron chi connectivity index (χ3n) is 3.56. The second-order valence-electron chi connectivity index (χ2n) is 4.96. The molecule has 0 aliphatic heterocycles. The molecule has 2 aromatic rings. The number of ketones is 1. The van der Waals surface area contributed by atoms with Gasteiger partial charge in [0.15, 0.2) is 5.78 Å². The molecule has 0 saturated carbocycles. The Hall–Kier alpha value is -3.07.